The molecule has 0 radical (unpaired) electrons. The van der Waals surface area contributed by atoms with E-state index in [-0.39, 0.29) is 24.5 Å². The van der Waals surface area contributed by atoms with Gasteiger partial charge in [0.15, 0.2) is 11.6 Å². The Hall–Kier alpha value is -1.09. The molecule has 19 heavy (non-hydrogen) atoms. The van der Waals surface area contributed by atoms with Crippen LogP contribution in [0.2, 0.25) is 0 Å². The fraction of sp³-hybridized carbons (Fsp3) is 0.455. The lowest BCUT2D eigenvalue weighted by atomic mass is 10.3. The highest BCUT2D eigenvalue weighted by Crippen LogP contribution is 2.13. The molecule has 1 aromatic carbocycles. The predicted octanol–water partition coefficient (Wildman–Crippen LogP) is 0.641. The van der Waals surface area contributed by atoms with Crippen LogP contribution < -0.4 is 4.72 Å². The van der Waals surface area contributed by atoms with Crippen LogP contribution in [-0.4, -0.2) is 39.9 Å². The Morgan fingerprint density at radius 2 is 2.05 bits per heavy atom. The third-order valence-electron chi connectivity index (χ3n) is 2.33. The van der Waals surface area contributed by atoms with E-state index in [1.807, 2.05) is 0 Å². The molecule has 0 heterocycles. The highest BCUT2D eigenvalue weighted by Gasteiger charge is 2.16. The van der Waals surface area contributed by atoms with Crippen LogP contribution in [0.3, 0.4) is 0 Å². The van der Waals surface area contributed by atoms with Gasteiger partial charge < -0.3 is 9.84 Å². The molecular formula is C11H15F2NO4S. The van der Waals surface area contributed by atoms with E-state index >= 15 is 0 Å². The summed E-state index contributed by atoms with van der Waals surface area (Å²) in [5.74, 6) is -2.35. The monoisotopic (exact) mass is 295 g/mol. The molecule has 0 spiro atoms. The molecule has 0 saturated carbocycles. The number of aliphatic hydroxyl groups excluding tert-OH is 1. The molecule has 1 rings (SSSR count). The molecule has 0 aliphatic carbocycles. The van der Waals surface area contributed by atoms with Crippen molar-refractivity contribution in [3.63, 3.8) is 0 Å². The maximum Gasteiger partial charge on any atom is 0.240 e. The molecule has 0 amide bonds. The highest BCUT2D eigenvalue weighted by atomic mass is 32.2. The first-order chi connectivity index (χ1) is 8.86. The fourth-order valence-electron chi connectivity index (χ4n) is 1.36. The fourth-order valence-corrected chi connectivity index (χ4v) is 2.42. The van der Waals surface area contributed by atoms with Crippen LogP contribution in [0.5, 0.6) is 0 Å². The molecule has 0 bridgehead atoms. The molecule has 0 fully saturated rings. The van der Waals surface area contributed by atoms with E-state index in [0.29, 0.717) is 6.07 Å². The zero-order valence-corrected chi connectivity index (χ0v) is 11.1. The van der Waals surface area contributed by atoms with E-state index in [9.17, 15) is 22.3 Å². The summed E-state index contributed by atoms with van der Waals surface area (Å²) in [6, 6.07) is 2.30. The van der Waals surface area contributed by atoms with Gasteiger partial charge in [0.05, 0.1) is 17.6 Å². The molecular weight excluding hydrogens is 280 g/mol. The zero-order valence-electron chi connectivity index (χ0n) is 10.3. The van der Waals surface area contributed by atoms with Gasteiger partial charge in [-0.2, -0.15) is 0 Å². The molecule has 108 valence electrons. The Labute approximate surface area is 110 Å². The molecule has 1 unspecified atom stereocenters. The van der Waals surface area contributed by atoms with Crippen LogP contribution >= 0.6 is 0 Å². The lowest BCUT2D eigenvalue weighted by Gasteiger charge is -2.10. The first-order valence-electron chi connectivity index (χ1n) is 5.48. The SMILES string of the molecule is COCC(O)CCNS(=O)(=O)c1ccc(F)c(F)c1. The molecule has 0 aromatic heterocycles. The minimum Gasteiger partial charge on any atom is -0.391 e. The largest absolute Gasteiger partial charge is 0.391 e. The maximum absolute atomic E-state index is 12.9. The van der Waals surface area contributed by atoms with Crippen molar-refractivity contribution in [3.8, 4) is 0 Å². The summed E-state index contributed by atoms with van der Waals surface area (Å²) >= 11 is 0. The first-order valence-corrected chi connectivity index (χ1v) is 6.97. The van der Waals surface area contributed by atoms with Crippen LogP contribution in [0.25, 0.3) is 0 Å². The van der Waals surface area contributed by atoms with Crippen molar-refractivity contribution in [1.82, 2.24) is 4.72 Å². The van der Waals surface area contributed by atoms with Crippen molar-refractivity contribution < 1.29 is 27.0 Å². The van der Waals surface area contributed by atoms with Gasteiger partial charge in [0.2, 0.25) is 10.0 Å². The smallest absolute Gasteiger partial charge is 0.240 e. The predicted molar refractivity (Wildman–Crippen MR) is 64.0 cm³/mol. The van der Waals surface area contributed by atoms with Crippen LogP contribution in [0.15, 0.2) is 23.1 Å². The average molecular weight is 295 g/mol. The number of benzene rings is 1. The number of nitrogens with one attached hydrogen (secondary N) is 1. The Kier molecular flexibility index (Phi) is 5.80. The Morgan fingerprint density at radius 1 is 1.37 bits per heavy atom. The summed E-state index contributed by atoms with van der Waals surface area (Å²) in [7, 11) is -2.51. The van der Waals surface area contributed by atoms with Crippen molar-refractivity contribution in [3.05, 3.63) is 29.8 Å². The molecule has 0 aliphatic rings. The van der Waals surface area contributed by atoms with Crippen LogP contribution in [-0.2, 0) is 14.8 Å². The Bertz CT molecular complexity index is 521. The maximum atomic E-state index is 12.9. The second kappa shape index (κ2) is 6.90. The van der Waals surface area contributed by atoms with Crippen LogP contribution in [0.1, 0.15) is 6.42 Å². The van der Waals surface area contributed by atoms with E-state index < -0.39 is 27.8 Å². The molecule has 0 aliphatic heterocycles. The summed E-state index contributed by atoms with van der Waals surface area (Å²) in [6.07, 6.45) is -0.644. The van der Waals surface area contributed by atoms with Crippen molar-refractivity contribution in [2.45, 2.75) is 17.4 Å². The van der Waals surface area contributed by atoms with Crippen LogP contribution in [0, 0.1) is 11.6 Å². The van der Waals surface area contributed by atoms with E-state index in [4.69, 9.17) is 0 Å². The first kappa shape index (κ1) is 16.0. The Balaban J connectivity index is 2.63. The number of hydrogen-bond donors (Lipinski definition) is 2. The van der Waals surface area contributed by atoms with E-state index in [0.717, 1.165) is 12.1 Å². The topological polar surface area (TPSA) is 75.6 Å². The van der Waals surface area contributed by atoms with Gasteiger partial charge in [-0.15, -0.1) is 0 Å². The standard InChI is InChI=1S/C11H15F2NO4S/c1-18-7-8(15)4-5-14-19(16,17)9-2-3-10(12)11(13)6-9/h2-3,6,8,14-15H,4-5,7H2,1H3. The van der Waals surface area contributed by atoms with Crippen molar-refractivity contribution in [2.75, 3.05) is 20.3 Å². The lowest BCUT2D eigenvalue weighted by molar-refractivity contribution is 0.0603. The average Bonchev–Trinajstić information content (AvgIpc) is 2.32. The number of halogens is 2. The van der Waals surface area contributed by atoms with Crippen LogP contribution in [0.4, 0.5) is 8.78 Å². The van der Waals surface area contributed by atoms with Gasteiger partial charge >= 0.3 is 0 Å². The minimum absolute atomic E-state index is 0.0359. The molecule has 8 heteroatoms. The van der Waals surface area contributed by atoms with Gasteiger partial charge in [-0.3, -0.25) is 0 Å². The summed E-state index contributed by atoms with van der Waals surface area (Å²) < 4.78 is 55.9. The van der Waals surface area contributed by atoms with Crippen molar-refractivity contribution in [2.24, 2.45) is 0 Å². The lowest BCUT2D eigenvalue weighted by Crippen LogP contribution is -2.28. The quantitative estimate of drug-likeness (QED) is 0.774. The highest BCUT2D eigenvalue weighted by molar-refractivity contribution is 7.89. The summed E-state index contributed by atoms with van der Waals surface area (Å²) in [6.45, 7) is 0.0543. The zero-order chi connectivity index (χ0) is 14.5. The van der Waals surface area contributed by atoms with Gasteiger partial charge in [0, 0.05) is 13.7 Å². The third kappa shape index (κ3) is 4.83. The number of hydrogen-bond acceptors (Lipinski definition) is 4. The minimum atomic E-state index is -3.92. The van der Waals surface area contributed by atoms with E-state index in [1.165, 1.54) is 7.11 Å². The van der Waals surface area contributed by atoms with Gasteiger partial charge in [-0.25, -0.2) is 21.9 Å². The molecule has 5 nitrogen and oxygen atoms in total. The summed E-state index contributed by atoms with van der Waals surface area (Å²) in [5.41, 5.74) is 0. The van der Waals surface area contributed by atoms with Gasteiger partial charge in [0.25, 0.3) is 0 Å². The third-order valence-corrected chi connectivity index (χ3v) is 3.79. The van der Waals surface area contributed by atoms with Gasteiger partial charge in [-0.05, 0) is 24.6 Å². The molecule has 0 saturated heterocycles. The normalized spacial score (nSPS) is 13.5. The van der Waals surface area contributed by atoms with Crippen molar-refractivity contribution in [1.29, 1.82) is 0 Å². The molecule has 2 N–H and O–H groups in total. The number of methoxy groups -OCH3 is 1. The second-order valence-corrected chi connectivity index (χ2v) is 5.64. The molecule has 1 aromatic rings. The summed E-state index contributed by atoms with van der Waals surface area (Å²) in [5, 5.41) is 9.33. The summed E-state index contributed by atoms with van der Waals surface area (Å²) in [4.78, 5) is -0.368. The number of ether oxygens (including phenoxy) is 1. The van der Waals surface area contributed by atoms with Crippen molar-refractivity contribution >= 4 is 10.0 Å². The molecule has 1 atom stereocenters. The van der Waals surface area contributed by atoms with E-state index in [1.54, 1.807) is 0 Å². The van der Waals surface area contributed by atoms with Gasteiger partial charge in [0.1, 0.15) is 0 Å². The Morgan fingerprint density at radius 3 is 2.63 bits per heavy atom. The number of rotatable bonds is 7. The second-order valence-electron chi connectivity index (χ2n) is 3.87. The van der Waals surface area contributed by atoms with Gasteiger partial charge in [-0.1, -0.05) is 0 Å². The van der Waals surface area contributed by atoms with E-state index in [2.05, 4.69) is 9.46 Å². The number of sulfonamides is 1. The number of aliphatic hydroxyl groups is 1.